The average Bonchev–Trinajstić information content (AvgIpc) is 2.74. The Kier molecular flexibility index (Phi) is 3.88. The first kappa shape index (κ1) is 13.0. The molecule has 2 aliphatic rings. The van der Waals surface area contributed by atoms with Crippen molar-refractivity contribution in [3.05, 3.63) is 0 Å². The first-order chi connectivity index (χ1) is 8.06. The minimum absolute atomic E-state index is 0.231. The molecule has 4 unspecified atom stereocenters. The molecule has 2 saturated heterocycles. The molecule has 0 aliphatic carbocycles. The van der Waals surface area contributed by atoms with Crippen molar-refractivity contribution < 1.29 is 9.53 Å². The van der Waals surface area contributed by atoms with Crippen LogP contribution >= 0.6 is 0 Å². The Hall–Kier alpha value is -0.410. The Bertz CT molecular complexity index is 273. The Morgan fingerprint density at radius 2 is 2.18 bits per heavy atom. The summed E-state index contributed by atoms with van der Waals surface area (Å²) in [5.41, 5.74) is -0.231. The summed E-state index contributed by atoms with van der Waals surface area (Å²) < 4.78 is 5.42. The summed E-state index contributed by atoms with van der Waals surface area (Å²) >= 11 is 0. The number of likely N-dealkylation sites (tertiary alicyclic amines) is 1. The van der Waals surface area contributed by atoms with E-state index in [1.54, 1.807) is 0 Å². The molecule has 0 saturated carbocycles. The molecule has 2 rings (SSSR count). The molecule has 0 radical (unpaired) electrons. The molecule has 17 heavy (non-hydrogen) atoms. The number of nitrogens with zero attached hydrogens (tertiary/aromatic N) is 1. The molecule has 2 aliphatic heterocycles. The fraction of sp³-hybridized carbons (Fsp3) is 0.929. The van der Waals surface area contributed by atoms with E-state index in [0.717, 1.165) is 44.2 Å². The second kappa shape index (κ2) is 5.07. The molecule has 0 bridgehead atoms. The highest BCUT2D eigenvalue weighted by molar-refractivity contribution is 5.60. The molecule has 2 fully saturated rings. The zero-order valence-corrected chi connectivity index (χ0v) is 11.3. The van der Waals surface area contributed by atoms with Gasteiger partial charge in [0.1, 0.15) is 6.29 Å². The first-order valence-electron chi connectivity index (χ1n) is 6.84. The summed E-state index contributed by atoms with van der Waals surface area (Å²) in [5.74, 6) is 1.47. The third-order valence-corrected chi connectivity index (χ3v) is 4.62. The lowest BCUT2D eigenvalue weighted by atomic mass is 9.82. The van der Waals surface area contributed by atoms with Crippen LogP contribution in [-0.2, 0) is 9.53 Å². The quantitative estimate of drug-likeness (QED) is 0.705. The topological polar surface area (TPSA) is 29.5 Å². The highest BCUT2D eigenvalue weighted by Gasteiger charge is 2.39. The zero-order chi connectivity index (χ0) is 12.5. The molecular formula is C14H25NO2. The molecule has 3 heteroatoms. The summed E-state index contributed by atoms with van der Waals surface area (Å²) in [6.07, 6.45) is 3.33. The van der Waals surface area contributed by atoms with E-state index >= 15 is 0 Å². The van der Waals surface area contributed by atoms with Gasteiger partial charge < -0.3 is 9.53 Å². The molecule has 3 nitrogen and oxygen atoms in total. The summed E-state index contributed by atoms with van der Waals surface area (Å²) in [4.78, 5) is 13.9. The van der Waals surface area contributed by atoms with Gasteiger partial charge in [0.05, 0.1) is 12.0 Å². The summed E-state index contributed by atoms with van der Waals surface area (Å²) in [5, 5.41) is 0. The maximum atomic E-state index is 11.4. The van der Waals surface area contributed by atoms with Crippen molar-refractivity contribution >= 4 is 6.29 Å². The fourth-order valence-electron chi connectivity index (χ4n) is 3.32. The van der Waals surface area contributed by atoms with E-state index < -0.39 is 0 Å². The third kappa shape index (κ3) is 2.71. The van der Waals surface area contributed by atoms with Gasteiger partial charge in [-0.25, -0.2) is 0 Å². The largest absolute Gasteiger partial charge is 0.380 e. The standard InChI is InChI=1S/C14H25NO2/c1-11-6-12(2)13(3)15(7-11)8-14(9-16)4-5-17-10-14/h9,11-13H,4-8,10H2,1-3H3. The van der Waals surface area contributed by atoms with Crippen LogP contribution in [-0.4, -0.2) is 43.5 Å². The molecule has 98 valence electrons. The van der Waals surface area contributed by atoms with Crippen LogP contribution < -0.4 is 0 Å². The highest BCUT2D eigenvalue weighted by Crippen LogP contribution is 2.33. The third-order valence-electron chi connectivity index (χ3n) is 4.62. The van der Waals surface area contributed by atoms with Crippen LogP contribution in [0.15, 0.2) is 0 Å². The van der Waals surface area contributed by atoms with E-state index in [2.05, 4.69) is 25.7 Å². The highest BCUT2D eigenvalue weighted by atomic mass is 16.5. The lowest BCUT2D eigenvalue weighted by molar-refractivity contribution is -0.118. The first-order valence-corrected chi connectivity index (χ1v) is 6.84. The van der Waals surface area contributed by atoms with E-state index in [9.17, 15) is 4.79 Å². The van der Waals surface area contributed by atoms with E-state index in [1.807, 2.05) is 0 Å². The number of piperidine rings is 1. The molecule has 4 atom stereocenters. The molecule has 0 N–H and O–H groups in total. The van der Waals surface area contributed by atoms with E-state index in [4.69, 9.17) is 4.74 Å². The second-order valence-electron chi connectivity index (χ2n) is 6.27. The maximum absolute atomic E-state index is 11.4. The fourth-order valence-corrected chi connectivity index (χ4v) is 3.32. The number of ether oxygens (including phenoxy) is 1. The van der Waals surface area contributed by atoms with Gasteiger partial charge in [-0.05, 0) is 31.6 Å². The van der Waals surface area contributed by atoms with Crippen LogP contribution in [0.1, 0.15) is 33.6 Å². The summed E-state index contributed by atoms with van der Waals surface area (Å²) in [6.45, 7) is 10.3. The molecule has 0 spiro atoms. The van der Waals surface area contributed by atoms with Gasteiger partial charge in [-0.15, -0.1) is 0 Å². The smallest absolute Gasteiger partial charge is 0.129 e. The number of aldehydes is 1. The van der Waals surface area contributed by atoms with Gasteiger partial charge in [0, 0.05) is 25.7 Å². The number of rotatable bonds is 3. The monoisotopic (exact) mass is 239 g/mol. The minimum atomic E-state index is -0.231. The molecule has 0 aromatic heterocycles. The second-order valence-corrected chi connectivity index (χ2v) is 6.27. The van der Waals surface area contributed by atoms with Crippen molar-refractivity contribution in [3.8, 4) is 0 Å². The van der Waals surface area contributed by atoms with E-state index in [1.165, 1.54) is 6.42 Å². The Morgan fingerprint density at radius 1 is 1.41 bits per heavy atom. The van der Waals surface area contributed by atoms with Crippen molar-refractivity contribution in [2.24, 2.45) is 17.3 Å². The van der Waals surface area contributed by atoms with Gasteiger partial charge in [0.25, 0.3) is 0 Å². The summed E-state index contributed by atoms with van der Waals surface area (Å²) in [7, 11) is 0. The predicted octanol–water partition coefficient (Wildman–Crippen LogP) is 1.96. The van der Waals surface area contributed by atoms with Gasteiger partial charge >= 0.3 is 0 Å². The zero-order valence-electron chi connectivity index (χ0n) is 11.3. The molecule has 0 amide bonds. The van der Waals surface area contributed by atoms with Crippen molar-refractivity contribution in [1.82, 2.24) is 4.90 Å². The molecule has 0 aromatic carbocycles. The number of carbonyl (C=O) groups excluding carboxylic acids is 1. The Labute approximate surface area is 105 Å². The van der Waals surface area contributed by atoms with Crippen LogP contribution in [0.4, 0.5) is 0 Å². The number of hydrogen-bond acceptors (Lipinski definition) is 3. The van der Waals surface area contributed by atoms with E-state index in [-0.39, 0.29) is 5.41 Å². The predicted molar refractivity (Wildman–Crippen MR) is 67.9 cm³/mol. The summed E-state index contributed by atoms with van der Waals surface area (Å²) in [6, 6.07) is 0.587. The van der Waals surface area contributed by atoms with Crippen LogP contribution in [0.5, 0.6) is 0 Å². The molecule has 2 heterocycles. The van der Waals surface area contributed by atoms with E-state index in [0.29, 0.717) is 12.6 Å². The van der Waals surface area contributed by atoms with Crippen LogP contribution in [0, 0.1) is 17.3 Å². The molecular weight excluding hydrogens is 214 g/mol. The van der Waals surface area contributed by atoms with Gasteiger partial charge in [0.15, 0.2) is 0 Å². The lowest BCUT2D eigenvalue weighted by Crippen LogP contribution is -2.51. The Morgan fingerprint density at radius 3 is 2.76 bits per heavy atom. The van der Waals surface area contributed by atoms with Crippen LogP contribution in [0.3, 0.4) is 0 Å². The number of hydrogen-bond donors (Lipinski definition) is 0. The van der Waals surface area contributed by atoms with Gasteiger partial charge in [-0.3, -0.25) is 4.90 Å². The number of carbonyl (C=O) groups is 1. The van der Waals surface area contributed by atoms with Gasteiger partial charge in [0.2, 0.25) is 0 Å². The normalized spacial score (nSPS) is 43.8. The maximum Gasteiger partial charge on any atom is 0.129 e. The van der Waals surface area contributed by atoms with Crippen molar-refractivity contribution in [1.29, 1.82) is 0 Å². The lowest BCUT2D eigenvalue weighted by Gasteiger charge is -2.43. The van der Waals surface area contributed by atoms with Crippen LogP contribution in [0.2, 0.25) is 0 Å². The van der Waals surface area contributed by atoms with Crippen LogP contribution in [0.25, 0.3) is 0 Å². The van der Waals surface area contributed by atoms with Crippen molar-refractivity contribution in [2.45, 2.75) is 39.7 Å². The molecule has 0 aromatic rings. The van der Waals surface area contributed by atoms with Crippen molar-refractivity contribution in [3.63, 3.8) is 0 Å². The Balaban J connectivity index is 2.03. The van der Waals surface area contributed by atoms with Crippen molar-refractivity contribution in [2.75, 3.05) is 26.3 Å². The van der Waals surface area contributed by atoms with Gasteiger partial charge in [-0.2, -0.15) is 0 Å². The van der Waals surface area contributed by atoms with Gasteiger partial charge in [-0.1, -0.05) is 13.8 Å². The minimum Gasteiger partial charge on any atom is -0.380 e. The average molecular weight is 239 g/mol. The SMILES string of the molecule is CC1CC(C)C(C)N(CC2(C=O)CCOC2)C1.